The van der Waals surface area contributed by atoms with Crippen molar-refractivity contribution >= 4 is 36.0 Å². The highest BCUT2D eigenvalue weighted by Gasteiger charge is 2.15. The Kier molecular flexibility index (Phi) is 16.1. The second-order valence-corrected chi connectivity index (χ2v) is 10.7. The van der Waals surface area contributed by atoms with Crippen LogP contribution in [0.15, 0.2) is 92.0 Å². The maximum absolute atomic E-state index is 12.7. The van der Waals surface area contributed by atoms with Gasteiger partial charge in [0.05, 0.1) is 30.9 Å². The number of hydrogen-bond donors (Lipinski definition) is 0. The van der Waals surface area contributed by atoms with E-state index >= 15 is 0 Å². The topological polar surface area (TPSA) is 167 Å². The minimum Gasteiger partial charge on any atom is -0.463 e. The zero-order valence-electron chi connectivity index (χ0n) is 28.1. The van der Waals surface area contributed by atoms with Crippen molar-refractivity contribution in [1.82, 2.24) is 0 Å². The molecule has 3 rings (SSSR count). The van der Waals surface area contributed by atoms with Crippen LogP contribution in [0, 0.1) is 6.92 Å². The van der Waals surface area contributed by atoms with Gasteiger partial charge in [0.15, 0.2) is 5.78 Å². The predicted molar refractivity (Wildman–Crippen MR) is 182 cm³/mol. The van der Waals surface area contributed by atoms with Crippen LogP contribution < -0.4 is 18.9 Å². The van der Waals surface area contributed by atoms with Gasteiger partial charge in [0, 0.05) is 12.5 Å². The number of hydrogen-bond acceptors (Lipinski definition) is 13. The van der Waals surface area contributed by atoms with Crippen molar-refractivity contribution in [3.05, 3.63) is 109 Å². The number of ketones is 1. The fourth-order valence-electron chi connectivity index (χ4n) is 4.12. The molecule has 0 aliphatic rings. The molecule has 0 spiro atoms. The summed E-state index contributed by atoms with van der Waals surface area (Å²) < 4.78 is 36.0. The molecule has 0 aliphatic heterocycles. The molecular weight excluding hydrogens is 664 g/mol. The molecule has 0 aliphatic carbocycles. The highest BCUT2D eigenvalue weighted by Crippen LogP contribution is 2.26. The second kappa shape index (κ2) is 21.0. The van der Waals surface area contributed by atoms with Gasteiger partial charge in [0.1, 0.15) is 23.0 Å². The quantitative estimate of drug-likeness (QED) is 0.0305. The first-order valence-corrected chi connectivity index (χ1v) is 16.0. The second-order valence-electron chi connectivity index (χ2n) is 10.7. The molecule has 3 aromatic rings. The van der Waals surface area contributed by atoms with E-state index in [0.29, 0.717) is 44.1 Å². The van der Waals surface area contributed by atoms with Crippen molar-refractivity contribution in [3.8, 4) is 23.0 Å². The Morgan fingerprint density at radius 2 is 1.04 bits per heavy atom. The van der Waals surface area contributed by atoms with Gasteiger partial charge < -0.3 is 33.2 Å². The molecule has 0 radical (unpaired) electrons. The van der Waals surface area contributed by atoms with E-state index in [9.17, 15) is 28.8 Å². The molecule has 0 bridgehead atoms. The van der Waals surface area contributed by atoms with E-state index in [-0.39, 0.29) is 59.7 Å². The minimum absolute atomic E-state index is 0.0249. The number of esters is 3. The maximum Gasteiger partial charge on any atom is 0.513 e. The molecule has 0 unspecified atom stereocenters. The van der Waals surface area contributed by atoms with Gasteiger partial charge in [-0.05, 0) is 117 Å². The Morgan fingerprint density at radius 3 is 1.55 bits per heavy atom. The highest BCUT2D eigenvalue weighted by molar-refractivity contribution is 5.92. The molecule has 0 atom stereocenters. The third-order valence-corrected chi connectivity index (χ3v) is 6.83. The van der Waals surface area contributed by atoms with Crippen molar-refractivity contribution in [1.29, 1.82) is 0 Å². The Bertz CT molecular complexity index is 1690. The summed E-state index contributed by atoms with van der Waals surface area (Å²) in [6.45, 7) is 8.78. The molecule has 0 saturated carbocycles. The number of aryl methyl sites for hydroxylation is 1. The largest absolute Gasteiger partial charge is 0.513 e. The molecule has 0 fully saturated rings. The van der Waals surface area contributed by atoms with Gasteiger partial charge in [0.25, 0.3) is 0 Å². The SMILES string of the molecule is C=CC(=O)CCCCCOC(=O)Oc1ccc(C(=O)Oc2ccc(OC(=O)c3ccc(OC(=O)OCCCCOC(=O)C=C)cc3)c(C)c2)cc1. The average Bonchev–Trinajstić information content (AvgIpc) is 3.12. The normalized spacial score (nSPS) is 10.2. The summed E-state index contributed by atoms with van der Waals surface area (Å²) in [5, 5.41) is 0. The van der Waals surface area contributed by atoms with Gasteiger partial charge in [-0.3, -0.25) is 4.79 Å². The monoisotopic (exact) mass is 702 g/mol. The lowest BCUT2D eigenvalue weighted by Gasteiger charge is -2.11. The summed E-state index contributed by atoms with van der Waals surface area (Å²) in [5.41, 5.74) is 0.902. The fourth-order valence-corrected chi connectivity index (χ4v) is 4.12. The van der Waals surface area contributed by atoms with Crippen molar-refractivity contribution in [3.63, 3.8) is 0 Å². The molecule has 13 nitrogen and oxygen atoms in total. The van der Waals surface area contributed by atoms with Crippen LogP contribution in [0.2, 0.25) is 0 Å². The first-order valence-electron chi connectivity index (χ1n) is 16.0. The zero-order chi connectivity index (χ0) is 37.0. The van der Waals surface area contributed by atoms with E-state index in [1.807, 2.05) is 0 Å². The lowest BCUT2D eigenvalue weighted by molar-refractivity contribution is -0.137. The molecule has 13 heteroatoms. The van der Waals surface area contributed by atoms with Gasteiger partial charge in [0.2, 0.25) is 0 Å². The van der Waals surface area contributed by atoms with E-state index in [0.717, 1.165) is 6.08 Å². The standard InChI is InChI=1S/C38H38O13/c1-4-29(39)11-7-6-8-23-46-37(43)49-30-16-12-27(13-17-30)35(41)48-32-20-21-33(26(3)25-32)51-36(42)28-14-18-31(19-15-28)50-38(44)47-24-10-9-22-45-34(40)5-2/h4-5,12-21,25H,1-2,6-11,22-24H2,3H3. The van der Waals surface area contributed by atoms with E-state index < -0.39 is 30.2 Å². The third-order valence-electron chi connectivity index (χ3n) is 6.83. The Balaban J connectivity index is 1.40. The van der Waals surface area contributed by atoms with Crippen LogP contribution in [0.25, 0.3) is 0 Å². The van der Waals surface area contributed by atoms with E-state index in [1.165, 1.54) is 72.8 Å². The van der Waals surface area contributed by atoms with Crippen molar-refractivity contribution in [2.75, 3.05) is 19.8 Å². The van der Waals surface area contributed by atoms with Crippen LogP contribution in [0.3, 0.4) is 0 Å². The number of rotatable bonds is 19. The molecule has 3 aromatic carbocycles. The fraction of sp³-hybridized carbons (Fsp3) is 0.263. The lowest BCUT2D eigenvalue weighted by atomic mass is 10.1. The molecular formula is C38H38O13. The summed E-state index contributed by atoms with van der Waals surface area (Å²) in [7, 11) is 0. The number of ether oxygens (including phenoxy) is 7. The maximum atomic E-state index is 12.7. The predicted octanol–water partition coefficient (Wildman–Crippen LogP) is 7.29. The summed E-state index contributed by atoms with van der Waals surface area (Å²) in [4.78, 5) is 71.4. The summed E-state index contributed by atoms with van der Waals surface area (Å²) in [5.74, 6) is -1.11. The van der Waals surface area contributed by atoms with E-state index in [4.69, 9.17) is 33.2 Å². The smallest absolute Gasteiger partial charge is 0.463 e. The van der Waals surface area contributed by atoms with Gasteiger partial charge in [-0.15, -0.1) is 0 Å². The van der Waals surface area contributed by atoms with Crippen molar-refractivity contribution in [2.24, 2.45) is 0 Å². The van der Waals surface area contributed by atoms with Gasteiger partial charge in [-0.2, -0.15) is 0 Å². The summed E-state index contributed by atoms with van der Waals surface area (Å²) in [6, 6.07) is 15.8. The third kappa shape index (κ3) is 14.4. The van der Waals surface area contributed by atoms with Crippen LogP contribution in [0.1, 0.15) is 64.8 Å². The van der Waals surface area contributed by atoms with E-state index in [2.05, 4.69) is 13.2 Å². The Morgan fingerprint density at radius 1 is 0.549 bits per heavy atom. The number of allylic oxidation sites excluding steroid dienone is 1. The number of unbranched alkanes of at least 4 members (excludes halogenated alkanes) is 3. The number of carbonyl (C=O) groups is 6. The van der Waals surface area contributed by atoms with Crippen LogP contribution in [-0.2, 0) is 23.8 Å². The first-order chi connectivity index (χ1) is 24.6. The Labute approximate surface area is 294 Å². The van der Waals surface area contributed by atoms with Crippen LogP contribution >= 0.6 is 0 Å². The molecule has 51 heavy (non-hydrogen) atoms. The summed E-state index contributed by atoms with van der Waals surface area (Å²) in [6.07, 6.45) is 3.88. The first kappa shape index (κ1) is 39.2. The minimum atomic E-state index is -0.924. The number of carbonyl (C=O) groups excluding carboxylic acids is 6. The van der Waals surface area contributed by atoms with Gasteiger partial charge in [-0.25, -0.2) is 24.0 Å². The summed E-state index contributed by atoms with van der Waals surface area (Å²) >= 11 is 0. The van der Waals surface area contributed by atoms with Crippen LogP contribution in [0.5, 0.6) is 23.0 Å². The molecule has 268 valence electrons. The van der Waals surface area contributed by atoms with Gasteiger partial charge in [-0.1, -0.05) is 13.2 Å². The van der Waals surface area contributed by atoms with Crippen LogP contribution in [-0.4, -0.2) is 55.8 Å². The van der Waals surface area contributed by atoms with Gasteiger partial charge >= 0.3 is 30.2 Å². The molecule has 0 saturated heterocycles. The zero-order valence-corrected chi connectivity index (χ0v) is 28.1. The van der Waals surface area contributed by atoms with E-state index in [1.54, 1.807) is 6.92 Å². The Hall–Kier alpha value is -6.24. The molecule has 0 heterocycles. The average molecular weight is 703 g/mol. The lowest BCUT2D eigenvalue weighted by Crippen LogP contribution is -2.13. The molecule has 0 aromatic heterocycles. The molecule has 0 amide bonds. The van der Waals surface area contributed by atoms with Crippen molar-refractivity contribution < 1.29 is 61.9 Å². The van der Waals surface area contributed by atoms with Crippen molar-refractivity contribution in [2.45, 2.75) is 45.4 Å². The van der Waals surface area contributed by atoms with Crippen LogP contribution in [0.4, 0.5) is 9.59 Å². The number of benzene rings is 3. The highest BCUT2D eigenvalue weighted by atomic mass is 16.7. The molecule has 0 N–H and O–H groups in total.